The Morgan fingerprint density at radius 3 is 2.58 bits per heavy atom. The van der Waals surface area contributed by atoms with Gasteiger partial charge in [-0.05, 0) is 30.7 Å². The number of rotatable bonds is 8. The fourth-order valence-corrected chi connectivity index (χ4v) is 2.23. The van der Waals surface area contributed by atoms with Crippen LogP contribution in [0.15, 0.2) is 30.5 Å². The zero-order valence-electron chi connectivity index (χ0n) is 14.5. The molecule has 1 aromatic carbocycles. The number of aromatic nitrogens is 2. The molecular weight excluding hydrogens is 358 g/mol. The molecule has 1 amide bonds. The monoisotopic (exact) mass is 377 g/mol. The summed E-state index contributed by atoms with van der Waals surface area (Å²) in [7, 11) is 0. The number of hydrogen-bond donors (Lipinski definition) is 2. The molecule has 0 saturated heterocycles. The Labute approximate surface area is 156 Å². The molecule has 0 aliphatic rings. The zero-order valence-corrected chi connectivity index (χ0v) is 15.3. The summed E-state index contributed by atoms with van der Waals surface area (Å²) >= 11 is 6.03. The lowest BCUT2D eigenvalue weighted by molar-refractivity contribution is -0.137. The summed E-state index contributed by atoms with van der Waals surface area (Å²) < 4.78 is 5.44. The third-order valence-electron chi connectivity index (χ3n) is 3.41. The lowest BCUT2D eigenvalue weighted by atomic mass is 10.2. The van der Waals surface area contributed by atoms with E-state index in [2.05, 4.69) is 15.3 Å². The number of carbonyl (C=O) groups excluding carboxylic acids is 1. The van der Waals surface area contributed by atoms with Crippen LogP contribution in [0.4, 0.5) is 5.69 Å². The van der Waals surface area contributed by atoms with E-state index in [0.717, 1.165) is 0 Å². The number of nitrogens with zero attached hydrogens (tertiary/aromatic N) is 2. The number of benzene rings is 1. The van der Waals surface area contributed by atoms with Crippen LogP contribution in [0.25, 0.3) is 0 Å². The van der Waals surface area contributed by atoms with Crippen LogP contribution in [0.1, 0.15) is 48.9 Å². The largest absolute Gasteiger partial charge is 0.494 e. The van der Waals surface area contributed by atoms with Gasteiger partial charge in [0.15, 0.2) is 5.69 Å². The zero-order chi connectivity index (χ0) is 19.1. The quantitative estimate of drug-likeness (QED) is 0.679. The molecular formula is C18H20ClN3O4. The molecule has 2 aromatic rings. The molecule has 7 nitrogen and oxygen atoms in total. The fourth-order valence-electron chi connectivity index (χ4n) is 2.06. The summed E-state index contributed by atoms with van der Waals surface area (Å²) in [6.07, 6.45) is 1.91. The molecule has 0 radical (unpaired) electrons. The minimum atomic E-state index is -0.851. The molecule has 0 bridgehead atoms. The molecule has 1 aromatic heterocycles. The highest BCUT2D eigenvalue weighted by atomic mass is 35.5. The van der Waals surface area contributed by atoms with Crippen LogP contribution >= 0.6 is 11.6 Å². The van der Waals surface area contributed by atoms with E-state index >= 15 is 0 Å². The first-order chi connectivity index (χ1) is 12.4. The van der Waals surface area contributed by atoms with Crippen LogP contribution in [0.2, 0.25) is 5.02 Å². The highest BCUT2D eigenvalue weighted by Crippen LogP contribution is 2.20. The highest BCUT2D eigenvalue weighted by molar-refractivity contribution is 6.33. The van der Waals surface area contributed by atoms with Crippen LogP contribution in [-0.2, 0) is 4.79 Å². The van der Waals surface area contributed by atoms with Crippen molar-refractivity contribution in [2.24, 2.45) is 0 Å². The summed E-state index contributed by atoms with van der Waals surface area (Å²) in [5, 5.41) is 11.5. The van der Waals surface area contributed by atoms with Gasteiger partial charge < -0.3 is 15.2 Å². The van der Waals surface area contributed by atoms with Crippen LogP contribution in [0, 0.1) is 0 Å². The fraction of sp³-hybridized carbons (Fsp3) is 0.333. The van der Waals surface area contributed by atoms with Crippen molar-refractivity contribution in [3.63, 3.8) is 0 Å². The van der Waals surface area contributed by atoms with Crippen molar-refractivity contribution in [3.05, 3.63) is 47.0 Å². The number of anilines is 1. The molecule has 0 aliphatic heterocycles. The minimum Gasteiger partial charge on any atom is -0.494 e. The molecule has 0 atom stereocenters. The number of ether oxygens (including phenoxy) is 1. The van der Waals surface area contributed by atoms with E-state index in [1.165, 1.54) is 6.20 Å². The van der Waals surface area contributed by atoms with E-state index in [-0.39, 0.29) is 23.1 Å². The van der Waals surface area contributed by atoms with Gasteiger partial charge in [-0.3, -0.25) is 9.59 Å². The number of carboxylic acid groups (broad SMARTS) is 1. The average Bonchev–Trinajstić information content (AvgIpc) is 2.60. The Morgan fingerprint density at radius 2 is 1.96 bits per heavy atom. The smallest absolute Gasteiger partial charge is 0.303 e. The lowest BCUT2D eigenvalue weighted by Gasteiger charge is -2.10. The van der Waals surface area contributed by atoms with Crippen molar-refractivity contribution in [1.82, 2.24) is 9.97 Å². The van der Waals surface area contributed by atoms with E-state index in [9.17, 15) is 9.59 Å². The van der Waals surface area contributed by atoms with Gasteiger partial charge in [0, 0.05) is 18.0 Å². The molecule has 138 valence electrons. The van der Waals surface area contributed by atoms with E-state index in [1.807, 2.05) is 13.8 Å². The number of nitrogens with one attached hydrogen (secondary N) is 1. The summed E-state index contributed by atoms with van der Waals surface area (Å²) in [5.74, 6) is -0.0540. The molecule has 8 heteroatoms. The average molecular weight is 378 g/mol. The normalized spacial score (nSPS) is 10.6. The summed E-state index contributed by atoms with van der Waals surface area (Å²) in [5.41, 5.74) is 0.688. The van der Waals surface area contributed by atoms with Gasteiger partial charge in [0.1, 0.15) is 11.6 Å². The van der Waals surface area contributed by atoms with Crippen LogP contribution in [0.3, 0.4) is 0 Å². The summed E-state index contributed by atoms with van der Waals surface area (Å²) in [4.78, 5) is 31.2. The number of carbonyl (C=O) groups is 2. The predicted octanol–water partition coefficient (Wildman–Crippen LogP) is 3.75. The second-order valence-corrected chi connectivity index (χ2v) is 6.31. The SMILES string of the molecule is CC(C)c1ncc(Cl)c(C(=O)Nc2ccc(OCCCC(=O)O)cc2)n1. The van der Waals surface area contributed by atoms with E-state index in [1.54, 1.807) is 24.3 Å². The maximum atomic E-state index is 12.4. The molecule has 0 saturated carbocycles. The Morgan fingerprint density at radius 1 is 1.27 bits per heavy atom. The second-order valence-electron chi connectivity index (χ2n) is 5.90. The van der Waals surface area contributed by atoms with Crippen LogP contribution in [-0.4, -0.2) is 33.6 Å². The second kappa shape index (κ2) is 9.15. The molecule has 2 N–H and O–H groups in total. The number of hydrogen-bond acceptors (Lipinski definition) is 5. The minimum absolute atomic E-state index is 0.0617. The van der Waals surface area contributed by atoms with Gasteiger partial charge in [-0.1, -0.05) is 25.4 Å². The third kappa shape index (κ3) is 5.70. The molecule has 2 rings (SSSR count). The molecule has 26 heavy (non-hydrogen) atoms. The summed E-state index contributed by atoms with van der Waals surface area (Å²) in [6, 6.07) is 6.75. The molecule has 0 aliphatic carbocycles. The first-order valence-electron chi connectivity index (χ1n) is 8.15. The molecule has 1 heterocycles. The molecule has 0 unspecified atom stereocenters. The van der Waals surface area contributed by atoms with Gasteiger partial charge in [0.25, 0.3) is 5.91 Å². The van der Waals surface area contributed by atoms with Gasteiger partial charge in [0.2, 0.25) is 0 Å². The van der Waals surface area contributed by atoms with Crippen molar-refractivity contribution >= 4 is 29.2 Å². The van der Waals surface area contributed by atoms with E-state index in [4.69, 9.17) is 21.4 Å². The molecule has 0 spiro atoms. The van der Waals surface area contributed by atoms with Crippen molar-refractivity contribution in [2.75, 3.05) is 11.9 Å². The van der Waals surface area contributed by atoms with Crippen molar-refractivity contribution in [2.45, 2.75) is 32.6 Å². The maximum Gasteiger partial charge on any atom is 0.303 e. The first kappa shape index (κ1) is 19.7. The Kier molecular flexibility index (Phi) is 6.91. The van der Waals surface area contributed by atoms with Gasteiger partial charge in [0.05, 0.1) is 17.8 Å². The maximum absolute atomic E-state index is 12.4. The van der Waals surface area contributed by atoms with Crippen molar-refractivity contribution < 1.29 is 19.4 Å². The highest BCUT2D eigenvalue weighted by Gasteiger charge is 2.15. The summed E-state index contributed by atoms with van der Waals surface area (Å²) in [6.45, 7) is 4.17. The number of amides is 1. The van der Waals surface area contributed by atoms with Gasteiger partial charge in [-0.2, -0.15) is 0 Å². The van der Waals surface area contributed by atoms with Gasteiger partial charge in [-0.15, -0.1) is 0 Å². The van der Waals surface area contributed by atoms with Gasteiger partial charge in [-0.25, -0.2) is 9.97 Å². The van der Waals surface area contributed by atoms with Crippen LogP contribution < -0.4 is 10.1 Å². The lowest BCUT2D eigenvalue weighted by Crippen LogP contribution is -2.16. The molecule has 0 fully saturated rings. The number of aliphatic carboxylic acids is 1. The van der Waals surface area contributed by atoms with Crippen molar-refractivity contribution in [1.29, 1.82) is 0 Å². The topological polar surface area (TPSA) is 101 Å². The Hall–Kier alpha value is -2.67. The standard InChI is InChI=1S/C18H20ClN3O4/c1-11(2)17-20-10-14(19)16(22-17)18(25)21-12-5-7-13(8-6-12)26-9-3-4-15(23)24/h5-8,10-11H,3-4,9H2,1-2H3,(H,21,25)(H,23,24). The third-order valence-corrected chi connectivity index (χ3v) is 3.69. The Bertz CT molecular complexity index is 779. The number of carboxylic acids is 1. The predicted molar refractivity (Wildman–Crippen MR) is 97.9 cm³/mol. The van der Waals surface area contributed by atoms with E-state index in [0.29, 0.717) is 30.3 Å². The van der Waals surface area contributed by atoms with Crippen LogP contribution in [0.5, 0.6) is 5.75 Å². The number of halogens is 1. The van der Waals surface area contributed by atoms with Crippen molar-refractivity contribution in [3.8, 4) is 5.75 Å². The Balaban J connectivity index is 1.97. The van der Waals surface area contributed by atoms with E-state index < -0.39 is 11.9 Å². The first-order valence-corrected chi connectivity index (χ1v) is 8.53. The van der Waals surface area contributed by atoms with Gasteiger partial charge >= 0.3 is 5.97 Å².